The third-order valence-corrected chi connectivity index (χ3v) is 3.41. The Morgan fingerprint density at radius 2 is 1.79 bits per heavy atom. The lowest BCUT2D eigenvalue weighted by Crippen LogP contribution is -1.94. The smallest absolute Gasteiger partial charge is 0.269 e. The van der Waals surface area contributed by atoms with E-state index < -0.39 is 4.92 Å². The van der Waals surface area contributed by atoms with Gasteiger partial charge < -0.3 is 9.47 Å². The van der Waals surface area contributed by atoms with Crippen LogP contribution in [0.2, 0.25) is 0 Å². The van der Waals surface area contributed by atoms with Gasteiger partial charge in [-0.2, -0.15) is 0 Å². The molecule has 120 valence electrons. The largest absolute Gasteiger partial charge is 0.454 e. The Morgan fingerprint density at radius 1 is 1.04 bits per heavy atom. The molecule has 0 saturated carbocycles. The molecule has 2 aromatic rings. The molecule has 0 fully saturated rings. The summed E-state index contributed by atoms with van der Waals surface area (Å²) in [6, 6.07) is 11.2. The van der Waals surface area contributed by atoms with E-state index in [2.05, 4.69) is 0 Å². The van der Waals surface area contributed by atoms with Crippen molar-refractivity contribution in [2.45, 2.75) is 0 Å². The number of fused-ring (bicyclic) bond motifs is 1. The first-order valence-corrected chi connectivity index (χ1v) is 7.17. The van der Waals surface area contributed by atoms with Crippen molar-refractivity contribution in [1.29, 1.82) is 0 Å². The third kappa shape index (κ3) is 3.49. The topological polar surface area (TPSA) is 78.7 Å². The first-order valence-electron chi connectivity index (χ1n) is 7.17. The number of carbonyl (C=O) groups excluding carboxylic acids is 1. The molecular weight excluding hydrogens is 310 g/mol. The molecule has 24 heavy (non-hydrogen) atoms. The molecule has 0 spiro atoms. The number of ketones is 1. The van der Waals surface area contributed by atoms with Crippen molar-refractivity contribution in [2.75, 3.05) is 6.79 Å². The van der Waals surface area contributed by atoms with E-state index in [1.165, 1.54) is 18.2 Å². The number of ether oxygens (including phenoxy) is 2. The van der Waals surface area contributed by atoms with Gasteiger partial charge in [0.05, 0.1) is 4.92 Å². The van der Waals surface area contributed by atoms with Gasteiger partial charge in [-0.25, -0.2) is 0 Å². The summed E-state index contributed by atoms with van der Waals surface area (Å²) in [6.07, 6.45) is 6.52. The highest BCUT2D eigenvalue weighted by atomic mass is 16.7. The molecule has 0 bridgehead atoms. The van der Waals surface area contributed by atoms with E-state index in [4.69, 9.17) is 9.47 Å². The van der Waals surface area contributed by atoms with Crippen molar-refractivity contribution in [3.8, 4) is 11.5 Å². The monoisotopic (exact) mass is 323 g/mol. The van der Waals surface area contributed by atoms with E-state index >= 15 is 0 Å². The standard InChI is InChI=1S/C18H13NO5/c20-16(14-7-10-17-18(11-14)24-12-23-17)4-2-1-3-13-5-8-15(9-6-13)19(21)22/h1-11H,12H2/b3-1+,4-2+. The van der Waals surface area contributed by atoms with Crippen LogP contribution in [0.4, 0.5) is 5.69 Å². The van der Waals surface area contributed by atoms with Crippen LogP contribution >= 0.6 is 0 Å². The molecule has 0 saturated heterocycles. The van der Waals surface area contributed by atoms with Crippen LogP contribution in [-0.2, 0) is 0 Å². The van der Waals surface area contributed by atoms with Crippen LogP contribution in [0.15, 0.2) is 60.7 Å². The normalized spacial score (nSPS) is 12.8. The number of non-ortho nitro benzene ring substituents is 1. The number of nitro groups is 1. The van der Waals surface area contributed by atoms with Crippen molar-refractivity contribution in [2.24, 2.45) is 0 Å². The number of benzene rings is 2. The molecule has 0 aliphatic carbocycles. The summed E-state index contributed by atoms with van der Waals surface area (Å²) in [7, 11) is 0. The van der Waals surface area contributed by atoms with Gasteiger partial charge in [-0.15, -0.1) is 0 Å². The molecule has 0 aromatic heterocycles. The molecule has 1 aliphatic rings. The van der Waals surface area contributed by atoms with Gasteiger partial charge in [0.2, 0.25) is 6.79 Å². The average molecular weight is 323 g/mol. The number of allylic oxidation sites excluding steroid dienone is 3. The highest BCUT2D eigenvalue weighted by molar-refractivity contribution is 6.05. The number of rotatable bonds is 5. The Balaban J connectivity index is 1.63. The first-order chi connectivity index (χ1) is 11.6. The van der Waals surface area contributed by atoms with Gasteiger partial charge in [-0.05, 0) is 42.0 Å². The molecule has 1 aliphatic heterocycles. The van der Waals surface area contributed by atoms with Crippen molar-refractivity contribution < 1.29 is 19.2 Å². The molecule has 1 heterocycles. The Morgan fingerprint density at radius 3 is 2.54 bits per heavy atom. The summed E-state index contributed by atoms with van der Waals surface area (Å²) in [5.41, 5.74) is 1.36. The molecule has 2 aromatic carbocycles. The minimum Gasteiger partial charge on any atom is -0.454 e. The minimum absolute atomic E-state index is 0.0423. The lowest BCUT2D eigenvalue weighted by atomic mass is 10.1. The lowest BCUT2D eigenvalue weighted by Gasteiger charge is -1.98. The predicted octanol–water partition coefficient (Wildman–Crippen LogP) is 3.78. The third-order valence-electron chi connectivity index (χ3n) is 3.41. The van der Waals surface area contributed by atoms with Crippen LogP contribution in [0, 0.1) is 10.1 Å². The zero-order valence-electron chi connectivity index (χ0n) is 12.5. The SMILES string of the molecule is O=C(/C=C/C=C/c1ccc([N+](=O)[O-])cc1)c1ccc2c(c1)OCO2. The number of nitro benzene ring substituents is 1. The molecule has 6 heteroatoms. The van der Waals surface area contributed by atoms with E-state index in [-0.39, 0.29) is 18.3 Å². The van der Waals surface area contributed by atoms with E-state index in [0.29, 0.717) is 17.1 Å². The van der Waals surface area contributed by atoms with Gasteiger partial charge >= 0.3 is 0 Å². The highest BCUT2D eigenvalue weighted by Gasteiger charge is 2.14. The van der Waals surface area contributed by atoms with Crippen LogP contribution < -0.4 is 9.47 Å². The molecule has 0 radical (unpaired) electrons. The zero-order valence-corrected chi connectivity index (χ0v) is 12.5. The van der Waals surface area contributed by atoms with Crippen molar-refractivity contribution in [3.63, 3.8) is 0 Å². The fourth-order valence-corrected chi connectivity index (χ4v) is 2.16. The maximum atomic E-state index is 12.1. The molecule has 0 unspecified atom stereocenters. The molecule has 0 N–H and O–H groups in total. The van der Waals surface area contributed by atoms with Gasteiger partial charge in [0, 0.05) is 17.7 Å². The summed E-state index contributed by atoms with van der Waals surface area (Å²) in [5, 5.41) is 10.6. The van der Waals surface area contributed by atoms with E-state index in [0.717, 1.165) is 5.56 Å². The van der Waals surface area contributed by atoms with Gasteiger partial charge in [0.15, 0.2) is 17.3 Å². The molecule has 6 nitrogen and oxygen atoms in total. The Hall–Kier alpha value is -3.41. The van der Waals surface area contributed by atoms with Crippen molar-refractivity contribution >= 4 is 17.5 Å². The average Bonchev–Trinajstić information content (AvgIpc) is 3.06. The second-order valence-corrected chi connectivity index (χ2v) is 5.00. The van der Waals surface area contributed by atoms with Crippen LogP contribution in [0.25, 0.3) is 6.08 Å². The maximum absolute atomic E-state index is 12.1. The van der Waals surface area contributed by atoms with Crippen LogP contribution in [-0.4, -0.2) is 17.5 Å². The second kappa shape index (κ2) is 6.78. The quantitative estimate of drug-likeness (QED) is 0.275. The number of hydrogen-bond donors (Lipinski definition) is 0. The summed E-state index contributed by atoms with van der Waals surface area (Å²) >= 11 is 0. The van der Waals surface area contributed by atoms with Gasteiger partial charge in [-0.1, -0.05) is 18.2 Å². The number of hydrogen-bond acceptors (Lipinski definition) is 5. The van der Waals surface area contributed by atoms with Crippen LogP contribution in [0.5, 0.6) is 11.5 Å². The number of carbonyl (C=O) groups is 1. The van der Waals surface area contributed by atoms with Gasteiger partial charge in [-0.3, -0.25) is 14.9 Å². The first kappa shape index (κ1) is 15.5. The zero-order chi connectivity index (χ0) is 16.9. The van der Waals surface area contributed by atoms with Gasteiger partial charge in [0.1, 0.15) is 0 Å². The van der Waals surface area contributed by atoms with Crippen LogP contribution in [0.3, 0.4) is 0 Å². The fraction of sp³-hybridized carbons (Fsp3) is 0.0556. The number of nitrogens with zero attached hydrogens (tertiary/aromatic N) is 1. The summed E-state index contributed by atoms with van der Waals surface area (Å²) in [4.78, 5) is 22.2. The lowest BCUT2D eigenvalue weighted by molar-refractivity contribution is -0.384. The summed E-state index contributed by atoms with van der Waals surface area (Å²) < 4.78 is 10.4. The maximum Gasteiger partial charge on any atom is 0.269 e. The summed E-state index contributed by atoms with van der Waals surface area (Å²) in [6.45, 7) is 0.167. The van der Waals surface area contributed by atoms with Crippen LogP contribution in [0.1, 0.15) is 15.9 Å². The molecular formula is C18H13NO5. The molecule has 0 amide bonds. The predicted molar refractivity (Wildman–Crippen MR) is 88.2 cm³/mol. The second-order valence-electron chi connectivity index (χ2n) is 5.00. The molecule has 0 atom stereocenters. The molecule has 3 rings (SSSR count). The Kier molecular flexibility index (Phi) is 4.38. The van der Waals surface area contributed by atoms with E-state index in [1.807, 2.05) is 0 Å². The minimum atomic E-state index is -0.447. The van der Waals surface area contributed by atoms with E-state index in [9.17, 15) is 14.9 Å². The fourth-order valence-electron chi connectivity index (χ4n) is 2.16. The van der Waals surface area contributed by atoms with Crippen molar-refractivity contribution in [3.05, 3.63) is 81.9 Å². The van der Waals surface area contributed by atoms with Gasteiger partial charge in [0.25, 0.3) is 5.69 Å². The Labute approximate surface area is 137 Å². The van der Waals surface area contributed by atoms with Crippen molar-refractivity contribution in [1.82, 2.24) is 0 Å². The van der Waals surface area contributed by atoms with E-state index in [1.54, 1.807) is 48.6 Å². The Bertz CT molecular complexity index is 837. The summed E-state index contributed by atoms with van der Waals surface area (Å²) in [5.74, 6) is 1.05. The highest BCUT2D eigenvalue weighted by Crippen LogP contribution is 2.32.